The summed E-state index contributed by atoms with van der Waals surface area (Å²) in [4.78, 5) is 16.7. The molecular weight excluding hydrogens is 238 g/mol. The van der Waals surface area contributed by atoms with Crippen LogP contribution in [0, 0.1) is 5.92 Å². The first-order chi connectivity index (χ1) is 9.08. The lowest BCUT2D eigenvalue weighted by Gasteiger charge is -2.37. The van der Waals surface area contributed by atoms with Gasteiger partial charge in [0.2, 0.25) is 5.91 Å². The van der Waals surface area contributed by atoms with Gasteiger partial charge in [0.15, 0.2) is 0 Å². The van der Waals surface area contributed by atoms with Gasteiger partial charge >= 0.3 is 0 Å². The summed E-state index contributed by atoms with van der Waals surface area (Å²) >= 11 is 0. The van der Waals surface area contributed by atoms with Crippen molar-refractivity contribution in [2.75, 3.05) is 33.2 Å². The van der Waals surface area contributed by atoms with Gasteiger partial charge in [-0.3, -0.25) is 9.69 Å². The predicted octanol–water partition coefficient (Wildman–Crippen LogP) is 1.32. The van der Waals surface area contributed by atoms with E-state index < -0.39 is 0 Å². The molecule has 0 aromatic carbocycles. The molecule has 4 heteroatoms. The fourth-order valence-corrected chi connectivity index (χ4v) is 3.24. The highest BCUT2D eigenvalue weighted by Crippen LogP contribution is 2.26. The monoisotopic (exact) mass is 267 g/mol. The number of rotatable bonds is 3. The molecule has 1 amide bonds. The maximum Gasteiger partial charge on any atom is 0.236 e. The Morgan fingerprint density at radius 1 is 1.26 bits per heavy atom. The standard InChI is InChI=1S/C15H29N3O/c1-12-4-6-14(7-5-12)17(3)15(19)11-18-9-8-16-10-13(18)2/h12-14,16H,4-11H2,1-3H3. The van der Waals surface area contributed by atoms with Gasteiger partial charge in [0, 0.05) is 38.8 Å². The number of carbonyl (C=O) groups is 1. The van der Waals surface area contributed by atoms with Crippen molar-refractivity contribution in [3.63, 3.8) is 0 Å². The van der Waals surface area contributed by atoms with E-state index in [1.807, 2.05) is 11.9 Å². The average molecular weight is 267 g/mol. The maximum absolute atomic E-state index is 12.4. The summed E-state index contributed by atoms with van der Waals surface area (Å²) in [6.07, 6.45) is 4.90. The van der Waals surface area contributed by atoms with Crippen LogP contribution in [-0.2, 0) is 4.79 Å². The summed E-state index contributed by atoms with van der Waals surface area (Å²) in [5.41, 5.74) is 0. The lowest BCUT2D eigenvalue weighted by atomic mass is 9.87. The van der Waals surface area contributed by atoms with Gasteiger partial charge < -0.3 is 10.2 Å². The lowest BCUT2D eigenvalue weighted by Crippen LogP contribution is -2.53. The molecular formula is C15H29N3O. The third kappa shape index (κ3) is 3.93. The largest absolute Gasteiger partial charge is 0.342 e. The number of hydrogen-bond acceptors (Lipinski definition) is 3. The van der Waals surface area contributed by atoms with Crippen molar-refractivity contribution in [1.82, 2.24) is 15.1 Å². The molecule has 0 spiro atoms. The Morgan fingerprint density at radius 2 is 1.95 bits per heavy atom. The Morgan fingerprint density at radius 3 is 2.58 bits per heavy atom. The van der Waals surface area contributed by atoms with E-state index in [9.17, 15) is 4.79 Å². The molecule has 1 unspecified atom stereocenters. The smallest absolute Gasteiger partial charge is 0.236 e. The summed E-state index contributed by atoms with van der Waals surface area (Å²) < 4.78 is 0. The summed E-state index contributed by atoms with van der Waals surface area (Å²) in [6, 6.07) is 0.944. The number of nitrogens with one attached hydrogen (secondary N) is 1. The minimum Gasteiger partial charge on any atom is -0.342 e. The van der Waals surface area contributed by atoms with Crippen molar-refractivity contribution >= 4 is 5.91 Å². The zero-order valence-corrected chi connectivity index (χ0v) is 12.7. The molecule has 2 fully saturated rings. The van der Waals surface area contributed by atoms with E-state index in [1.54, 1.807) is 0 Å². The fourth-order valence-electron chi connectivity index (χ4n) is 3.24. The highest BCUT2D eigenvalue weighted by Gasteiger charge is 2.27. The molecule has 0 aromatic rings. The highest BCUT2D eigenvalue weighted by atomic mass is 16.2. The van der Waals surface area contributed by atoms with Gasteiger partial charge in [0.25, 0.3) is 0 Å². The third-order valence-corrected chi connectivity index (χ3v) is 4.90. The fraction of sp³-hybridized carbons (Fsp3) is 0.933. The Bertz CT molecular complexity index is 300. The first kappa shape index (κ1) is 14.8. The van der Waals surface area contributed by atoms with E-state index in [0.29, 0.717) is 24.5 Å². The van der Waals surface area contributed by atoms with Crippen molar-refractivity contribution in [3.05, 3.63) is 0 Å². The molecule has 4 nitrogen and oxygen atoms in total. The van der Waals surface area contributed by atoms with Crippen LogP contribution >= 0.6 is 0 Å². The summed E-state index contributed by atoms with van der Waals surface area (Å²) in [5, 5.41) is 3.37. The Labute approximate surface area is 117 Å². The second-order valence-corrected chi connectivity index (χ2v) is 6.44. The number of hydrogen-bond donors (Lipinski definition) is 1. The summed E-state index contributed by atoms with van der Waals surface area (Å²) in [5.74, 6) is 1.14. The second kappa shape index (κ2) is 6.71. The molecule has 1 saturated carbocycles. The normalized spacial score (nSPS) is 33.1. The van der Waals surface area contributed by atoms with Crippen LogP contribution < -0.4 is 5.32 Å². The van der Waals surface area contributed by atoms with Crippen LogP contribution in [0.15, 0.2) is 0 Å². The van der Waals surface area contributed by atoms with Crippen LogP contribution in [0.5, 0.6) is 0 Å². The zero-order chi connectivity index (χ0) is 13.8. The maximum atomic E-state index is 12.4. The Kier molecular flexibility index (Phi) is 5.22. The summed E-state index contributed by atoms with van der Waals surface area (Å²) in [6.45, 7) is 8.09. The minimum atomic E-state index is 0.299. The van der Waals surface area contributed by atoms with Crippen molar-refractivity contribution in [1.29, 1.82) is 0 Å². The van der Waals surface area contributed by atoms with Gasteiger partial charge in [-0.05, 0) is 38.5 Å². The predicted molar refractivity (Wildman–Crippen MR) is 78.1 cm³/mol. The number of piperazine rings is 1. The molecule has 1 saturated heterocycles. The van der Waals surface area contributed by atoms with E-state index in [-0.39, 0.29) is 0 Å². The third-order valence-electron chi connectivity index (χ3n) is 4.90. The van der Waals surface area contributed by atoms with Crippen molar-refractivity contribution in [2.24, 2.45) is 5.92 Å². The number of nitrogens with zero attached hydrogens (tertiary/aromatic N) is 2. The highest BCUT2D eigenvalue weighted by molar-refractivity contribution is 5.78. The zero-order valence-electron chi connectivity index (χ0n) is 12.7. The Balaban J connectivity index is 1.81. The minimum absolute atomic E-state index is 0.299. The van der Waals surface area contributed by atoms with E-state index in [4.69, 9.17) is 0 Å². The van der Waals surface area contributed by atoms with Gasteiger partial charge in [0.1, 0.15) is 0 Å². The van der Waals surface area contributed by atoms with E-state index >= 15 is 0 Å². The average Bonchev–Trinajstić information content (AvgIpc) is 2.41. The molecule has 0 bridgehead atoms. The van der Waals surface area contributed by atoms with Crippen LogP contribution in [0.1, 0.15) is 39.5 Å². The van der Waals surface area contributed by atoms with E-state index in [1.165, 1.54) is 25.7 Å². The Hall–Kier alpha value is -0.610. The van der Waals surface area contributed by atoms with Crippen LogP contribution in [0.3, 0.4) is 0 Å². The SMILES string of the molecule is CC1CCC(N(C)C(=O)CN2CCNCC2C)CC1. The molecule has 1 N–H and O–H groups in total. The molecule has 2 rings (SSSR count). The molecule has 110 valence electrons. The van der Waals surface area contributed by atoms with Gasteiger partial charge in [-0.1, -0.05) is 6.92 Å². The van der Waals surface area contributed by atoms with Crippen molar-refractivity contribution in [3.8, 4) is 0 Å². The molecule has 2 aliphatic rings. The number of amides is 1. The van der Waals surface area contributed by atoms with E-state index in [2.05, 4.69) is 24.1 Å². The number of carbonyl (C=O) groups excluding carboxylic acids is 1. The van der Waals surface area contributed by atoms with Crippen molar-refractivity contribution in [2.45, 2.75) is 51.6 Å². The van der Waals surface area contributed by atoms with Crippen molar-refractivity contribution < 1.29 is 4.79 Å². The number of likely N-dealkylation sites (N-methyl/N-ethyl adjacent to an activating group) is 1. The lowest BCUT2D eigenvalue weighted by molar-refractivity contribution is -0.134. The van der Waals surface area contributed by atoms with Gasteiger partial charge in [-0.25, -0.2) is 0 Å². The quantitative estimate of drug-likeness (QED) is 0.837. The van der Waals surface area contributed by atoms with Gasteiger partial charge in [-0.2, -0.15) is 0 Å². The first-order valence-electron chi connectivity index (χ1n) is 7.78. The second-order valence-electron chi connectivity index (χ2n) is 6.44. The first-order valence-corrected chi connectivity index (χ1v) is 7.78. The molecule has 1 aliphatic heterocycles. The van der Waals surface area contributed by atoms with E-state index in [0.717, 1.165) is 25.6 Å². The van der Waals surface area contributed by atoms with Crippen LogP contribution in [0.25, 0.3) is 0 Å². The summed E-state index contributed by atoms with van der Waals surface area (Å²) in [7, 11) is 2.00. The van der Waals surface area contributed by atoms with Crippen LogP contribution in [-0.4, -0.2) is 61.0 Å². The molecule has 0 radical (unpaired) electrons. The topological polar surface area (TPSA) is 35.6 Å². The van der Waals surface area contributed by atoms with Gasteiger partial charge in [-0.15, -0.1) is 0 Å². The van der Waals surface area contributed by atoms with Gasteiger partial charge in [0.05, 0.1) is 6.54 Å². The van der Waals surface area contributed by atoms with Crippen LogP contribution in [0.2, 0.25) is 0 Å². The molecule has 1 atom stereocenters. The molecule has 0 aromatic heterocycles. The molecule has 1 aliphatic carbocycles. The van der Waals surface area contributed by atoms with Crippen LogP contribution in [0.4, 0.5) is 0 Å². The molecule has 1 heterocycles. The molecule has 19 heavy (non-hydrogen) atoms.